The van der Waals surface area contributed by atoms with Gasteiger partial charge in [0.25, 0.3) is 0 Å². The summed E-state index contributed by atoms with van der Waals surface area (Å²) in [4.78, 5) is 0. The number of rotatable bonds is 5. The number of benzene rings is 2. The van der Waals surface area contributed by atoms with Gasteiger partial charge in [-0.2, -0.15) is 0 Å². The van der Waals surface area contributed by atoms with Crippen molar-refractivity contribution in [2.45, 2.75) is 19.4 Å². The maximum Gasteiger partial charge on any atom is 0.0406 e. The van der Waals surface area contributed by atoms with Crippen LogP contribution in [0.25, 0.3) is 0 Å². The Kier molecular flexibility index (Phi) is 6.09. The minimum absolute atomic E-state index is 0.281. The van der Waals surface area contributed by atoms with Crippen molar-refractivity contribution < 1.29 is 0 Å². The second kappa shape index (κ2) is 7.60. The second-order valence-electron chi connectivity index (χ2n) is 4.61. The van der Waals surface area contributed by atoms with Crippen LogP contribution in [0.15, 0.2) is 51.4 Å². The molecule has 0 aromatic heterocycles. The Balaban J connectivity index is 2.24. The van der Waals surface area contributed by atoms with Gasteiger partial charge in [0.1, 0.15) is 0 Å². The fourth-order valence-corrected chi connectivity index (χ4v) is 3.63. The lowest BCUT2D eigenvalue weighted by molar-refractivity contribution is 0.548. The van der Waals surface area contributed by atoms with Gasteiger partial charge in [0.2, 0.25) is 0 Å². The van der Waals surface area contributed by atoms with Crippen LogP contribution in [0, 0.1) is 0 Å². The van der Waals surface area contributed by atoms with Crippen molar-refractivity contribution in [1.29, 1.82) is 0 Å². The van der Waals surface area contributed by atoms with E-state index in [2.05, 4.69) is 74.4 Å². The molecular weight excluding hydrogens is 401 g/mol. The molecule has 1 unspecified atom stereocenters. The fraction of sp³-hybridized carbons (Fsp3) is 0.250. The summed E-state index contributed by atoms with van der Waals surface area (Å²) in [5.41, 5.74) is 2.54. The molecule has 0 saturated heterocycles. The average molecular weight is 418 g/mol. The molecule has 2 rings (SSSR count). The first-order valence-corrected chi connectivity index (χ1v) is 8.49. The first kappa shape index (κ1) is 16.0. The zero-order valence-electron chi connectivity index (χ0n) is 11.2. The molecule has 1 atom stereocenters. The van der Waals surface area contributed by atoms with Crippen molar-refractivity contribution in [1.82, 2.24) is 5.32 Å². The largest absolute Gasteiger partial charge is 0.310 e. The lowest BCUT2D eigenvalue weighted by Crippen LogP contribution is -2.23. The Bertz CT molecular complexity index is 569. The molecule has 0 saturated carbocycles. The van der Waals surface area contributed by atoms with Gasteiger partial charge in [-0.3, -0.25) is 0 Å². The maximum absolute atomic E-state index is 5.94. The lowest BCUT2D eigenvalue weighted by atomic mass is 9.99. The first-order valence-electron chi connectivity index (χ1n) is 6.53. The first-order chi connectivity index (χ1) is 9.60. The van der Waals surface area contributed by atoms with Gasteiger partial charge in [0, 0.05) is 20.0 Å². The van der Waals surface area contributed by atoms with Crippen molar-refractivity contribution in [3.05, 3.63) is 67.6 Å². The Morgan fingerprint density at radius 1 is 1.10 bits per heavy atom. The van der Waals surface area contributed by atoms with Crippen LogP contribution in [0.4, 0.5) is 0 Å². The molecule has 0 amide bonds. The topological polar surface area (TPSA) is 12.0 Å². The normalized spacial score (nSPS) is 12.4. The standard InChI is InChI=1S/C16H16Br2ClN/c1-2-20-16(9-11-3-6-13(19)7-4-11)14-8-5-12(17)10-15(14)18/h3-8,10,16,20H,2,9H2,1H3. The van der Waals surface area contributed by atoms with Crippen LogP contribution in [0.3, 0.4) is 0 Å². The van der Waals surface area contributed by atoms with Crippen LogP contribution in [0.2, 0.25) is 5.02 Å². The van der Waals surface area contributed by atoms with Crippen molar-refractivity contribution in [2.24, 2.45) is 0 Å². The molecule has 0 radical (unpaired) electrons. The summed E-state index contributed by atoms with van der Waals surface area (Å²) in [6.07, 6.45) is 0.936. The predicted octanol–water partition coefficient (Wildman–Crippen LogP) is 5.76. The maximum atomic E-state index is 5.94. The molecule has 0 bridgehead atoms. The van der Waals surface area contributed by atoms with E-state index in [1.54, 1.807) is 0 Å². The zero-order chi connectivity index (χ0) is 14.5. The highest BCUT2D eigenvalue weighted by molar-refractivity contribution is 9.11. The van der Waals surface area contributed by atoms with Gasteiger partial charge >= 0.3 is 0 Å². The van der Waals surface area contributed by atoms with E-state index in [9.17, 15) is 0 Å². The average Bonchev–Trinajstić information content (AvgIpc) is 2.41. The Hall–Kier alpha value is -0.350. The molecule has 0 heterocycles. The van der Waals surface area contributed by atoms with E-state index >= 15 is 0 Å². The molecule has 0 aliphatic heterocycles. The number of hydrogen-bond acceptors (Lipinski definition) is 1. The Morgan fingerprint density at radius 2 is 1.80 bits per heavy atom. The number of nitrogens with one attached hydrogen (secondary N) is 1. The van der Waals surface area contributed by atoms with Gasteiger partial charge in [0.05, 0.1) is 0 Å². The number of hydrogen-bond donors (Lipinski definition) is 1. The van der Waals surface area contributed by atoms with Crippen LogP contribution >= 0.6 is 43.5 Å². The van der Waals surface area contributed by atoms with Crippen molar-refractivity contribution >= 4 is 43.5 Å². The third kappa shape index (κ3) is 4.32. The van der Waals surface area contributed by atoms with Crippen LogP contribution in [-0.2, 0) is 6.42 Å². The quantitative estimate of drug-likeness (QED) is 0.652. The van der Waals surface area contributed by atoms with Crippen LogP contribution < -0.4 is 5.32 Å². The molecule has 2 aromatic rings. The summed E-state index contributed by atoms with van der Waals surface area (Å²) >= 11 is 13.1. The number of likely N-dealkylation sites (N-methyl/N-ethyl adjacent to an activating group) is 1. The van der Waals surface area contributed by atoms with E-state index < -0.39 is 0 Å². The molecule has 1 nitrogen and oxygen atoms in total. The van der Waals surface area contributed by atoms with Gasteiger partial charge in [-0.25, -0.2) is 0 Å². The highest BCUT2D eigenvalue weighted by Gasteiger charge is 2.14. The highest BCUT2D eigenvalue weighted by atomic mass is 79.9. The van der Waals surface area contributed by atoms with Crippen LogP contribution in [0.5, 0.6) is 0 Å². The second-order valence-corrected chi connectivity index (χ2v) is 6.81. The molecule has 20 heavy (non-hydrogen) atoms. The van der Waals surface area contributed by atoms with E-state index in [1.807, 2.05) is 12.1 Å². The van der Waals surface area contributed by atoms with E-state index in [4.69, 9.17) is 11.6 Å². The summed E-state index contributed by atoms with van der Waals surface area (Å²) in [6.45, 7) is 3.06. The van der Waals surface area contributed by atoms with E-state index in [0.29, 0.717) is 0 Å². The fourth-order valence-electron chi connectivity index (χ4n) is 2.18. The van der Waals surface area contributed by atoms with Gasteiger partial charge < -0.3 is 5.32 Å². The molecule has 0 aliphatic rings. The third-order valence-electron chi connectivity index (χ3n) is 3.14. The summed E-state index contributed by atoms with van der Waals surface area (Å²) < 4.78 is 2.20. The molecule has 0 spiro atoms. The van der Waals surface area contributed by atoms with Crippen molar-refractivity contribution in [3.8, 4) is 0 Å². The number of halogens is 3. The monoisotopic (exact) mass is 415 g/mol. The Labute approximate surface area is 142 Å². The molecule has 1 N–H and O–H groups in total. The zero-order valence-corrected chi connectivity index (χ0v) is 15.1. The lowest BCUT2D eigenvalue weighted by Gasteiger charge is -2.20. The van der Waals surface area contributed by atoms with Crippen molar-refractivity contribution in [3.63, 3.8) is 0 Å². The minimum atomic E-state index is 0.281. The van der Waals surface area contributed by atoms with Crippen molar-refractivity contribution in [2.75, 3.05) is 6.54 Å². The predicted molar refractivity (Wildman–Crippen MR) is 93.4 cm³/mol. The van der Waals surface area contributed by atoms with Gasteiger partial charge in [-0.1, -0.05) is 68.6 Å². The van der Waals surface area contributed by atoms with Crippen LogP contribution in [-0.4, -0.2) is 6.54 Å². The summed E-state index contributed by atoms with van der Waals surface area (Å²) in [5.74, 6) is 0. The van der Waals surface area contributed by atoms with E-state index in [0.717, 1.165) is 26.9 Å². The summed E-state index contributed by atoms with van der Waals surface area (Å²) in [5, 5.41) is 4.32. The van der Waals surface area contributed by atoms with Gasteiger partial charge in [-0.15, -0.1) is 0 Å². The third-order valence-corrected chi connectivity index (χ3v) is 4.57. The summed E-state index contributed by atoms with van der Waals surface area (Å²) in [7, 11) is 0. The SMILES string of the molecule is CCNC(Cc1ccc(Cl)cc1)c1ccc(Br)cc1Br. The molecular formula is C16H16Br2ClN. The molecule has 4 heteroatoms. The Morgan fingerprint density at radius 3 is 2.40 bits per heavy atom. The molecule has 0 fully saturated rings. The highest BCUT2D eigenvalue weighted by Crippen LogP contribution is 2.29. The molecule has 0 aliphatic carbocycles. The molecule has 2 aromatic carbocycles. The smallest absolute Gasteiger partial charge is 0.0406 e. The minimum Gasteiger partial charge on any atom is -0.310 e. The van der Waals surface area contributed by atoms with Crippen LogP contribution in [0.1, 0.15) is 24.1 Å². The van der Waals surface area contributed by atoms with Gasteiger partial charge in [-0.05, 0) is 48.4 Å². The van der Waals surface area contributed by atoms with Gasteiger partial charge in [0.15, 0.2) is 0 Å². The summed E-state index contributed by atoms with van der Waals surface area (Å²) in [6, 6.07) is 14.6. The molecule has 106 valence electrons. The van der Waals surface area contributed by atoms with E-state index in [-0.39, 0.29) is 6.04 Å². The van der Waals surface area contributed by atoms with E-state index in [1.165, 1.54) is 11.1 Å².